The normalized spacial score (nSPS) is 14.2. The number of aromatic nitrogens is 1. The Balaban J connectivity index is 2.47. The van der Waals surface area contributed by atoms with E-state index < -0.39 is 6.10 Å². The van der Waals surface area contributed by atoms with Crippen molar-refractivity contribution in [3.05, 3.63) is 24.0 Å². The molecule has 0 bridgehead atoms. The Morgan fingerprint density at radius 1 is 1.50 bits per heavy atom. The number of aliphatic hydroxyl groups is 1. The topological polar surface area (TPSA) is 54.3 Å². The van der Waals surface area contributed by atoms with Gasteiger partial charge in [-0.1, -0.05) is 20.3 Å². The summed E-state index contributed by atoms with van der Waals surface area (Å²) in [5.41, 5.74) is 0.868. The standard InChI is InChI=1S/C14H24N2O2/c1-4-6-11(3)15-14(18)10-16-8-7-12(9-16)13(17)5-2/h7-9,11,13,17H,4-6,10H2,1-3H3,(H,15,18). The second kappa shape index (κ2) is 7.21. The minimum Gasteiger partial charge on any atom is -0.388 e. The van der Waals surface area contributed by atoms with Gasteiger partial charge in [0.25, 0.3) is 0 Å². The van der Waals surface area contributed by atoms with Crippen LogP contribution in [0.1, 0.15) is 51.7 Å². The summed E-state index contributed by atoms with van der Waals surface area (Å²) in [6.45, 7) is 6.36. The van der Waals surface area contributed by atoms with Crippen LogP contribution in [0.15, 0.2) is 18.5 Å². The van der Waals surface area contributed by atoms with E-state index in [0.717, 1.165) is 18.4 Å². The summed E-state index contributed by atoms with van der Waals surface area (Å²) >= 11 is 0. The van der Waals surface area contributed by atoms with E-state index in [9.17, 15) is 9.90 Å². The van der Waals surface area contributed by atoms with Crippen LogP contribution in [-0.2, 0) is 11.3 Å². The summed E-state index contributed by atoms with van der Waals surface area (Å²) < 4.78 is 1.81. The Morgan fingerprint density at radius 2 is 2.22 bits per heavy atom. The van der Waals surface area contributed by atoms with Gasteiger partial charge in [0, 0.05) is 18.4 Å². The van der Waals surface area contributed by atoms with Crippen molar-refractivity contribution in [2.75, 3.05) is 0 Å². The van der Waals surface area contributed by atoms with E-state index in [2.05, 4.69) is 12.2 Å². The predicted octanol–water partition coefficient (Wildman–Crippen LogP) is 2.24. The van der Waals surface area contributed by atoms with Gasteiger partial charge in [-0.15, -0.1) is 0 Å². The predicted molar refractivity (Wildman–Crippen MR) is 72.2 cm³/mol. The quantitative estimate of drug-likeness (QED) is 0.782. The molecule has 0 fully saturated rings. The second-order valence-electron chi connectivity index (χ2n) is 4.80. The van der Waals surface area contributed by atoms with Crippen LogP contribution in [0.2, 0.25) is 0 Å². The maximum absolute atomic E-state index is 11.8. The number of nitrogens with zero attached hydrogens (tertiary/aromatic N) is 1. The van der Waals surface area contributed by atoms with Crippen molar-refractivity contribution in [3.8, 4) is 0 Å². The molecule has 1 amide bonds. The van der Waals surface area contributed by atoms with Crippen molar-refractivity contribution >= 4 is 5.91 Å². The van der Waals surface area contributed by atoms with Gasteiger partial charge in [-0.25, -0.2) is 0 Å². The molecule has 0 aliphatic rings. The SMILES string of the molecule is CCCC(C)NC(=O)Cn1ccc(C(O)CC)c1. The molecule has 0 saturated heterocycles. The summed E-state index contributed by atoms with van der Waals surface area (Å²) in [5.74, 6) is 0.0177. The van der Waals surface area contributed by atoms with Crippen molar-refractivity contribution in [1.29, 1.82) is 0 Å². The molecule has 1 rings (SSSR count). The van der Waals surface area contributed by atoms with E-state index in [0.29, 0.717) is 13.0 Å². The molecule has 2 unspecified atom stereocenters. The molecular formula is C14H24N2O2. The Kier molecular flexibility index (Phi) is 5.92. The van der Waals surface area contributed by atoms with Gasteiger partial charge in [0.15, 0.2) is 0 Å². The van der Waals surface area contributed by atoms with E-state index in [-0.39, 0.29) is 11.9 Å². The largest absolute Gasteiger partial charge is 0.388 e. The number of aliphatic hydroxyl groups excluding tert-OH is 1. The zero-order chi connectivity index (χ0) is 13.5. The van der Waals surface area contributed by atoms with Gasteiger partial charge < -0.3 is 15.0 Å². The zero-order valence-electron chi connectivity index (χ0n) is 11.5. The van der Waals surface area contributed by atoms with Gasteiger partial charge in [-0.2, -0.15) is 0 Å². The Labute approximate surface area is 109 Å². The molecule has 0 spiro atoms. The van der Waals surface area contributed by atoms with Crippen molar-refractivity contribution in [2.45, 2.75) is 58.7 Å². The number of carbonyl (C=O) groups excluding carboxylic acids is 1. The molecule has 0 saturated carbocycles. The van der Waals surface area contributed by atoms with E-state index in [1.807, 2.05) is 36.9 Å². The lowest BCUT2D eigenvalue weighted by Crippen LogP contribution is -2.34. The molecule has 0 aromatic carbocycles. The lowest BCUT2D eigenvalue weighted by Gasteiger charge is -2.13. The Bertz CT molecular complexity index is 374. The van der Waals surface area contributed by atoms with Crippen LogP contribution in [0.25, 0.3) is 0 Å². The summed E-state index contributed by atoms with van der Waals surface area (Å²) in [6, 6.07) is 2.08. The summed E-state index contributed by atoms with van der Waals surface area (Å²) in [5, 5.41) is 12.6. The average Bonchev–Trinajstić information content (AvgIpc) is 2.76. The van der Waals surface area contributed by atoms with Crippen LogP contribution in [-0.4, -0.2) is 21.6 Å². The average molecular weight is 252 g/mol. The van der Waals surface area contributed by atoms with Gasteiger partial charge in [-0.05, 0) is 31.4 Å². The van der Waals surface area contributed by atoms with Crippen LogP contribution in [0.3, 0.4) is 0 Å². The lowest BCUT2D eigenvalue weighted by molar-refractivity contribution is -0.122. The molecule has 2 atom stereocenters. The van der Waals surface area contributed by atoms with Gasteiger partial charge >= 0.3 is 0 Å². The minimum absolute atomic E-state index is 0.0177. The van der Waals surface area contributed by atoms with Gasteiger partial charge in [0.05, 0.1) is 6.10 Å². The Morgan fingerprint density at radius 3 is 2.83 bits per heavy atom. The van der Waals surface area contributed by atoms with Crippen LogP contribution < -0.4 is 5.32 Å². The fourth-order valence-corrected chi connectivity index (χ4v) is 1.98. The molecule has 0 radical (unpaired) electrons. The summed E-state index contributed by atoms with van der Waals surface area (Å²) in [6.07, 6.45) is 5.98. The molecule has 1 aromatic rings. The van der Waals surface area contributed by atoms with Crippen molar-refractivity contribution in [2.24, 2.45) is 0 Å². The first-order valence-electron chi connectivity index (χ1n) is 6.69. The summed E-state index contributed by atoms with van der Waals surface area (Å²) in [4.78, 5) is 11.8. The third-order valence-corrected chi connectivity index (χ3v) is 3.00. The van der Waals surface area contributed by atoms with Crippen molar-refractivity contribution in [1.82, 2.24) is 9.88 Å². The van der Waals surface area contributed by atoms with E-state index in [4.69, 9.17) is 0 Å². The number of hydrogen-bond donors (Lipinski definition) is 2. The van der Waals surface area contributed by atoms with E-state index in [1.54, 1.807) is 0 Å². The number of rotatable bonds is 7. The molecule has 2 N–H and O–H groups in total. The van der Waals surface area contributed by atoms with Gasteiger partial charge in [0.1, 0.15) is 6.54 Å². The Hall–Kier alpha value is -1.29. The maximum Gasteiger partial charge on any atom is 0.240 e. The van der Waals surface area contributed by atoms with E-state index >= 15 is 0 Å². The zero-order valence-corrected chi connectivity index (χ0v) is 11.5. The molecule has 1 aromatic heterocycles. The number of amides is 1. The molecule has 18 heavy (non-hydrogen) atoms. The van der Waals surface area contributed by atoms with Crippen LogP contribution in [0, 0.1) is 0 Å². The fraction of sp³-hybridized carbons (Fsp3) is 0.643. The number of nitrogens with one attached hydrogen (secondary N) is 1. The highest BCUT2D eigenvalue weighted by atomic mass is 16.3. The molecule has 1 heterocycles. The number of carbonyl (C=O) groups is 1. The van der Waals surface area contributed by atoms with Crippen molar-refractivity contribution in [3.63, 3.8) is 0 Å². The molecule has 4 nitrogen and oxygen atoms in total. The van der Waals surface area contributed by atoms with Gasteiger partial charge in [0.2, 0.25) is 5.91 Å². The van der Waals surface area contributed by atoms with Crippen LogP contribution in [0.4, 0.5) is 0 Å². The fourth-order valence-electron chi connectivity index (χ4n) is 1.98. The van der Waals surface area contributed by atoms with Crippen LogP contribution >= 0.6 is 0 Å². The summed E-state index contributed by atoms with van der Waals surface area (Å²) in [7, 11) is 0. The maximum atomic E-state index is 11.8. The van der Waals surface area contributed by atoms with E-state index in [1.165, 1.54) is 0 Å². The van der Waals surface area contributed by atoms with Crippen molar-refractivity contribution < 1.29 is 9.90 Å². The third kappa shape index (κ3) is 4.53. The first-order chi connectivity index (χ1) is 8.56. The minimum atomic E-state index is -0.437. The highest BCUT2D eigenvalue weighted by molar-refractivity contribution is 5.76. The first kappa shape index (κ1) is 14.8. The molecule has 0 aliphatic carbocycles. The first-order valence-corrected chi connectivity index (χ1v) is 6.69. The highest BCUT2D eigenvalue weighted by Gasteiger charge is 2.09. The smallest absolute Gasteiger partial charge is 0.240 e. The highest BCUT2D eigenvalue weighted by Crippen LogP contribution is 2.15. The third-order valence-electron chi connectivity index (χ3n) is 3.00. The molecule has 102 valence electrons. The molecular weight excluding hydrogens is 228 g/mol. The lowest BCUT2D eigenvalue weighted by atomic mass is 10.1. The molecule has 0 aliphatic heterocycles. The number of hydrogen-bond acceptors (Lipinski definition) is 2. The molecule has 4 heteroatoms. The monoisotopic (exact) mass is 252 g/mol. The van der Waals surface area contributed by atoms with Gasteiger partial charge in [-0.3, -0.25) is 4.79 Å². The second-order valence-corrected chi connectivity index (χ2v) is 4.80. The van der Waals surface area contributed by atoms with Crippen LogP contribution in [0.5, 0.6) is 0 Å².